The molecule has 5 heteroatoms. The summed E-state index contributed by atoms with van der Waals surface area (Å²) >= 11 is 2.00. The minimum atomic E-state index is -2.40. The van der Waals surface area contributed by atoms with Crippen LogP contribution in [0.1, 0.15) is 33.1 Å². The molecule has 1 atom stereocenters. The van der Waals surface area contributed by atoms with Crippen LogP contribution in [0.3, 0.4) is 0 Å². The van der Waals surface area contributed by atoms with E-state index in [1.54, 1.807) is 21.3 Å². The third kappa shape index (κ3) is 5.18. The lowest BCUT2D eigenvalue weighted by atomic mass is 10.2. The second kappa shape index (κ2) is 9.47. The quantitative estimate of drug-likeness (QED) is 0.448. The average molecular weight is 266 g/mol. The Bertz CT molecular complexity index is 157. The number of rotatable bonds is 10. The fraction of sp³-hybridized carbons (Fsp3) is 1.00. The van der Waals surface area contributed by atoms with E-state index in [1.807, 2.05) is 11.8 Å². The van der Waals surface area contributed by atoms with E-state index < -0.39 is 8.80 Å². The molecule has 98 valence electrons. The highest BCUT2D eigenvalue weighted by atomic mass is 32.2. The lowest BCUT2D eigenvalue weighted by Gasteiger charge is -2.30. The van der Waals surface area contributed by atoms with Crippen LogP contribution < -0.4 is 0 Å². The molecule has 1 unspecified atom stereocenters. The first-order chi connectivity index (χ1) is 7.66. The van der Waals surface area contributed by atoms with Gasteiger partial charge in [-0.15, -0.1) is 0 Å². The normalized spacial score (nSPS) is 14.1. The molecule has 0 saturated heterocycles. The Morgan fingerprint density at radius 2 is 1.62 bits per heavy atom. The van der Waals surface area contributed by atoms with Gasteiger partial charge in [-0.25, -0.2) is 0 Å². The van der Waals surface area contributed by atoms with Crippen molar-refractivity contribution in [1.29, 1.82) is 0 Å². The molecule has 0 aromatic rings. The van der Waals surface area contributed by atoms with Crippen molar-refractivity contribution in [1.82, 2.24) is 0 Å². The molecule has 0 aliphatic rings. The second-order valence-electron chi connectivity index (χ2n) is 3.81. The van der Waals surface area contributed by atoms with Crippen LogP contribution in [-0.2, 0) is 13.3 Å². The van der Waals surface area contributed by atoms with E-state index in [1.165, 1.54) is 24.3 Å². The van der Waals surface area contributed by atoms with Crippen LogP contribution in [0.4, 0.5) is 0 Å². The smallest absolute Gasteiger partial charge is 0.377 e. The van der Waals surface area contributed by atoms with Crippen LogP contribution >= 0.6 is 11.8 Å². The first-order valence-corrected chi connectivity index (χ1v) is 8.85. The van der Waals surface area contributed by atoms with E-state index in [-0.39, 0.29) is 0 Å². The van der Waals surface area contributed by atoms with E-state index in [2.05, 4.69) is 13.8 Å². The predicted molar refractivity (Wildman–Crippen MR) is 73.1 cm³/mol. The molecule has 0 fully saturated rings. The van der Waals surface area contributed by atoms with Crippen LogP contribution in [0.5, 0.6) is 0 Å². The van der Waals surface area contributed by atoms with Crippen molar-refractivity contribution in [3.63, 3.8) is 0 Å². The lowest BCUT2D eigenvalue weighted by molar-refractivity contribution is 0.111. The largest absolute Gasteiger partial charge is 0.503 e. The minimum absolute atomic E-state index is 0.374. The molecule has 3 nitrogen and oxygen atoms in total. The number of unbranched alkanes of at least 4 members (excludes halogenated alkanes) is 1. The third-order valence-electron chi connectivity index (χ3n) is 2.84. The van der Waals surface area contributed by atoms with Gasteiger partial charge < -0.3 is 13.3 Å². The Labute approximate surface area is 106 Å². The van der Waals surface area contributed by atoms with Gasteiger partial charge in [0.1, 0.15) is 0 Å². The molecule has 0 aromatic heterocycles. The van der Waals surface area contributed by atoms with Gasteiger partial charge in [0.15, 0.2) is 0 Å². The molecule has 0 heterocycles. The highest BCUT2D eigenvalue weighted by molar-refractivity contribution is 7.99. The Morgan fingerprint density at radius 3 is 2.06 bits per heavy atom. The number of thioether (sulfide) groups is 1. The van der Waals surface area contributed by atoms with Gasteiger partial charge in [-0.05, 0) is 24.3 Å². The first-order valence-electron chi connectivity index (χ1n) is 5.90. The van der Waals surface area contributed by atoms with Crippen molar-refractivity contribution in [3.8, 4) is 0 Å². The van der Waals surface area contributed by atoms with Gasteiger partial charge in [-0.2, -0.15) is 11.8 Å². The maximum Gasteiger partial charge on any atom is 0.503 e. The Morgan fingerprint density at radius 1 is 1.06 bits per heavy atom. The summed E-state index contributed by atoms with van der Waals surface area (Å²) in [5.41, 5.74) is 0.374. The van der Waals surface area contributed by atoms with Gasteiger partial charge in [0.2, 0.25) is 0 Å². The summed E-state index contributed by atoms with van der Waals surface area (Å²) in [6.45, 7) is 4.36. The average Bonchev–Trinajstić information content (AvgIpc) is 2.32. The molecule has 0 aromatic carbocycles. The van der Waals surface area contributed by atoms with E-state index in [0.29, 0.717) is 5.54 Å². The minimum Gasteiger partial charge on any atom is -0.377 e. The summed E-state index contributed by atoms with van der Waals surface area (Å²) in [5.74, 6) is 2.47. The van der Waals surface area contributed by atoms with Crippen LogP contribution in [0.2, 0.25) is 5.54 Å². The van der Waals surface area contributed by atoms with Gasteiger partial charge in [0.05, 0.1) is 0 Å². The van der Waals surface area contributed by atoms with Gasteiger partial charge in [0.25, 0.3) is 0 Å². The second-order valence-corrected chi connectivity index (χ2v) is 8.62. The van der Waals surface area contributed by atoms with Crippen LogP contribution in [-0.4, -0.2) is 41.6 Å². The van der Waals surface area contributed by atoms with E-state index >= 15 is 0 Å². The Balaban J connectivity index is 3.88. The van der Waals surface area contributed by atoms with Gasteiger partial charge in [-0.1, -0.05) is 20.3 Å². The van der Waals surface area contributed by atoms with Crippen LogP contribution in [0.25, 0.3) is 0 Å². The Kier molecular flexibility index (Phi) is 9.74. The summed E-state index contributed by atoms with van der Waals surface area (Å²) in [5, 5.41) is 0. The summed E-state index contributed by atoms with van der Waals surface area (Å²) in [7, 11) is 2.65. The van der Waals surface area contributed by atoms with Crippen LogP contribution in [0.15, 0.2) is 0 Å². The molecule has 16 heavy (non-hydrogen) atoms. The molecule has 0 saturated carbocycles. The Hall–Kier alpha value is 0.447. The highest BCUT2D eigenvalue weighted by Gasteiger charge is 2.43. The maximum atomic E-state index is 5.47. The molecule has 0 aliphatic carbocycles. The number of hydrogen-bond donors (Lipinski definition) is 0. The predicted octanol–water partition coefficient (Wildman–Crippen LogP) is 3.18. The van der Waals surface area contributed by atoms with E-state index in [4.69, 9.17) is 13.3 Å². The van der Waals surface area contributed by atoms with Gasteiger partial charge >= 0.3 is 8.80 Å². The van der Waals surface area contributed by atoms with Crippen molar-refractivity contribution in [3.05, 3.63) is 0 Å². The van der Waals surface area contributed by atoms with Gasteiger partial charge in [-0.3, -0.25) is 0 Å². The molecular weight excluding hydrogens is 240 g/mol. The molecule has 0 rings (SSSR count). The standard InChI is InChI=1S/C11H26O3SSi/c1-6-15-10-8-7-9-11(2)16(12-3,13-4)14-5/h11H,6-10H2,1-5H3. The molecular formula is C11H26O3SSi. The van der Waals surface area contributed by atoms with Gasteiger partial charge in [0, 0.05) is 26.9 Å². The molecule has 0 amide bonds. The summed E-state index contributed by atoms with van der Waals surface area (Å²) in [6.07, 6.45) is 3.61. The van der Waals surface area contributed by atoms with Crippen molar-refractivity contribution in [2.45, 2.75) is 38.7 Å². The summed E-state index contributed by atoms with van der Waals surface area (Å²) in [6, 6.07) is 0. The SMILES string of the molecule is CCSCCCCC(C)[Si](OC)(OC)OC. The summed E-state index contributed by atoms with van der Waals surface area (Å²) < 4.78 is 16.4. The molecule has 0 N–H and O–H groups in total. The van der Waals surface area contributed by atoms with Crippen molar-refractivity contribution >= 4 is 20.6 Å². The fourth-order valence-corrected chi connectivity index (χ4v) is 4.79. The first kappa shape index (κ1) is 16.4. The number of hydrogen-bond acceptors (Lipinski definition) is 4. The molecule has 0 radical (unpaired) electrons. The molecule has 0 bridgehead atoms. The zero-order valence-electron chi connectivity index (χ0n) is 11.2. The topological polar surface area (TPSA) is 27.7 Å². The zero-order valence-corrected chi connectivity index (χ0v) is 13.1. The third-order valence-corrected chi connectivity index (χ3v) is 7.03. The zero-order chi connectivity index (χ0) is 12.4. The molecule has 0 aliphatic heterocycles. The van der Waals surface area contributed by atoms with Crippen LogP contribution in [0, 0.1) is 0 Å². The van der Waals surface area contributed by atoms with Crippen molar-refractivity contribution in [2.24, 2.45) is 0 Å². The van der Waals surface area contributed by atoms with E-state index in [9.17, 15) is 0 Å². The lowest BCUT2D eigenvalue weighted by Crippen LogP contribution is -2.46. The monoisotopic (exact) mass is 266 g/mol. The summed E-state index contributed by atoms with van der Waals surface area (Å²) in [4.78, 5) is 0. The highest BCUT2D eigenvalue weighted by Crippen LogP contribution is 2.28. The maximum absolute atomic E-state index is 5.47. The molecule has 0 spiro atoms. The van der Waals surface area contributed by atoms with E-state index in [0.717, 1.165) is 6.42 Å². The fourth-order valence-electron chi connectivity index (χ4n) is 1.83. The van der Waals surface area contributed by atoms with Crippen molar-refractivity contribution in [2.75, 3.05) is 32.8 Å². The van der Waals surface area contributed by atoms with Crippen molar-refractivity contribution < 1.29 is 13.3 Å².